The van der Waals surface area contributed by atoms with Crippen molar-refractivity contribution in [3.8, 4) is 11.5 Å². The molecular formula is C18H28IN3O3. The Morgan fingerprint density at radius 3 is 2.44 bits per heavy atom. The first-order chi connectivity index (χ1) is 11.8. The van der Waals surface area contributed by atoms with Crippen LogP contribution in [0.3, 0.4) is 0 Å². The lowest BCUT2D eigenvalue weighted by molar-refractivity contribution is 0.0530. The molecule has 2 heterocycles. The van der Waals surface area contributed by atoms with E-state index in [1.165, 1.54) is 5.56 Å². The summed E-state index contributed by atoms with van der Waals surface area (Å²) in [6, 6.07) is 6.27. The maximum absolute atomic E-state index is 5.61. The van der Waals surface area contributed by atoms with Crippen molar-refractivity contribution in [1.29, 1.82) is 0 Å². The largest absolute Gasteiger partial charge is 0.454 e. The number of fused-ring (bicyclic) bond motifs is 1. The fourth-order valence-electron chi connectivity index (χ4n) is 3.27. The van der Waals surface area contributed by atoms with E-state index in [9.17, 15) is 0 Å². The van der Waals surface area contributed by atoms with Crippen molar-refractivity contribution in [3.63, 3.8) is 0 Å². The molecule has 0 amide bonds. The quantitative estimate of drug-likeness (QED) is 0.401. The van der Waals surface area contributed by atoms with Crippen LogP contribution in [0.1, 0.15) is 32.3 Å². The fourth-order valence-corrected chi connectivity index (χ4v) is 3.27. The topological polar surface area (TPSA) is 64.1 Å². The van der Waals surface area contributed by atoms with E-state index in [0.717, 1.165) is 63.1 Å². The highest BCUT2D eigenvalue weighted by molar-refractivity contribution is 14.0. The number of halogens is 1. The van der Waals surface area contributed by atoms with Crippen LogP contribution < -0.4 is 20.1 Å². The maximum Gasteiger partial charge on any atom is 0.231 e. The number of rotatable bonds is 5. The summed E-state index contributed by atoms with van der Waals surface area (Å²) >= 11 is 0. The number of hydrogen-bond acceptors (Lipinski definition) is 4. The van der Waals surface area contributed by atoms with Gasteiger partial charge < -0.3 is 24.8 Å². The highest BCUT2D eigenvalue weighted by Crippen LogP contribution is 2.41. The summed E-state index contributed by atoms with van der Waals surface area (Å²) in [4.78, 5) is 4.84. The van der Waals surface area contributed by atoms with Gasteiger partial charge in [-0.3, -0.25) is 4.99 Å². The summed E-state index contributed by atoms with van der Waals surface area (Å²) in [6.07, 6.45) is 1.92. The number of hydrogen-bond donors (Lipinski definition) is 2. The molecule has 3 rings (SSSR count). The average Bonchev–Trinajstić information content (AvgIpc) is 3.09. The first-order valence-corrected chi connectivity index (χ1v) is 8.77. The molecule has 6 nitrogen and oxygen atoms in total. The van der Waals surface area contributed by atoms with Crippen molar-refractivity contribution in [2.45, 2.75) is 32.1 Å². The molecule has 0 atom stereocenters. The zero-order valence-corrected chi connectivity index (χ0v) is 17.3. The Labute approximate surface area is 166 Å². The number of benzene rings is 1. The van der Waals surface area contributed by atoms with Crippen LogP contribution in [-0.4, -0.2) is 45.6 Å². The van der Waals surface area contributed by atoms with E-state index >= 15 is 0 Å². The molecule has 0 aliphatic carbocycles. The second-order valence-corrected chi connectivity index (χ2v) is 6.19. The lowest BCUT2D eigenvalue weighted by Gasteiger charge is -2.36. The summed E-state index contributed by atoms with van der Waals surface area (Å²) in [5.74, 6) is 2.53. The van der Waals surface area contributed by atoms with E-state index in [1.54, 1.807) is 0 Å². The van der Waals surface area contributed by atoms with Crippen molar-refractivity contribution in [2.24, 2.45) is 4.99 Å². The molecule has 0 aromatic heterocycles. The molecule has 0 bridgehead atoms. The normalized spacial score (nSPS) is 17.4. The lowest BCUT2D eigenvalue weighted by atomic mass is 9.74. The lowest BCUT2D eigenvalue weighted by Crippen LogP contribution is -2.41. The van der Waals surface area contributed by atoms with Crippen molar-refractivity contribution in [2.75, 3.05) is 39.6 Å². The van der Waals surface area contributed by atoms with E-state index < -0.39 is 0 Å². The third kappa shape index (κ3) is 4.69. The van der Waals surface area contributed by atoms with Gasteiger partial charge in [0, 0.05) is 31.7 Å². The molecule has 1 fully saturated rings. The predicted molar refractivity (Wildman–Crippen MR) is 109 cm³/mol. The monoisotopic (exact) mass is 461 g/mol. The van der Waals surface area contributed by atoms with Gasteiger partial charge in [0.15, 0.2) is 17.5 Å². The second-order valence-electron chi connectivity index (χ2n) is 6.19. The first-order valence-electron chi connectivity index (χ1n) is 8.77. The van der Waals surface area contributed by atoms with E-state index in [-0.39, 0.29) is 29.4 Å². The maximum atomic E-state index is 5.61. The van der Waals surface area contributed by atoms with E-state index in [0.29, 0.717) is 6.79 Å². The van der Waals surface area contributed by atoms with Crippen LogP contribution in [0.4, 0.5) is 0 Å². The molecule has 0 spiro atoms. The van der Waals surface area contributed by atoms with Crippen LogP contribution in [0.15, 0.2) is 23.2 Å². The van der Waals surface area contributed by atoms with Crippen LogP contribution in [0.2, 0.25) is 0 Å². The second kappa shape index (κ2) is 9.47. The zero-order chi connectivity index (χ0) is 16.8. The highest BCUT2D eigenvalue weighted by Gasteiger charge is 2.35. The average molecular weight is 461 g/mol. The van der Waals surface area contributed by atoms with Gasteiger partial charge in [0.2, 0.25) is 6.79 Å². The van der Waals surface area contributed by atoms with Gasteiger partial charge in [0.25, 0.3) is 0 Å². The van der Waals surface area contributed by atoms with Gasteiger partial charge in [-0.1, -0.05) is 6.07 Å². The minimum absolute atomic E-state index is 0. The molecule has 1 saturated heterocycles. The van der Waals surface area contributed by atoms with E-state index in [4.69, 9.17) is 19.2 Å². The van der Waals surface area contributed by atoms with Gasteiger partial charge >= 0.3 is 0 Å². The Balaban J connectivity index is 0.00000225. The van der Waals surface area contributed by atoms with Crippen LogP contribution in [-0.2, 0) is 10.2 Å². The minimum atomic E-state index is -0.0185. The fraction of sp³-hybridized carbons (Fsp3) is 0.611. The number of nitrogens with zero attached hydrogens (tertiary/aromatic N) is 1. The Hall–Kier alpha value is -1.22. The highest BCUT2D eigenvalue weighted by atomic mass is 127. The van der Waals surface area contributed by atoms with Crippen LogP contribution in [0, 0.1) is 0 Å². The van der Waals surface area contributed by atoms with Gasteiger partial charge in [-0.25, -0.2) is 0 Å². The molecule has 0 saturated carbocycles. The van der Waals surface area contributed by atoms with Gasteiger partial charge in [-0.05, 0) is 44.4 Å². The van der Waals surface area contributed by atoms with Gasteiger partial charge in [0.1, 0.15) is 0 Å². The summed E-state index contributed by atoms with van der Waals surface area (Å²) in [5, 5.41) is 6.59. The summed E-state index contributed by atoms with van der Waals surface area (Å²) in [7, 11) is 0. The van der Waals surface area contributed by atoms with E-state index in [1.807, 2.05) is 6.07 Å². The molecule has 2 aliphatic rings. The Morgan fingerprint density at radius 2 is 1.76 bits per heavy atom. The smallest absolute Gasteiger partial charge is 0.231 e. The minimum Gasteiger partial charge on any atom is -0.454 e. The van der Waals surface area contributed by atoms with Gasteiger partial charge in [-0.2, -0.15) is 0 Å². The van der Waals surface area contributed by atoms with Crippen LogP contribution in [0.5, 0.6) is 11.5 Å². The van der Waals surface area contributed by atoms with E-state index in [2.05, 4.69) is 36.6 Å². The van der Waals surface area contributed by atoms with Crippen LogP contribution in [0.25, 0.3) is 0 Å². The molecule has 0 radical (unpaired) electrons. The molecule has 2 N–H and O–H groups in total. The van der Waals surface area contributed by atoms with Crippen molar-refractivity contribution >= 4 is 29.9 Å². The third-order valence-corrected chi connectivity index (χ3v) is 4.66. The zero-order valence-electron chi connectivity index (χ0n) is 15.0. The molecule has 25 heavy (non-hydrogen) atoms. The van der Waals surface area contributed by atoms with Gasteiger partial charge in [-0.15, -0.1) is 24.0 Å². The number of aliphatic imine (C=N–C) groups is 1. The van der Waals surface area contributed by atoms with Crippen molar-refractivity contribution in [3.05, 3.63) is 23.8 Å². The molecule has 1 aromatic carbocycles. The SMILES string of the molecule is CCNC(=NCC1(c2ccc3c(c2)OCO3)CCOCC1)NCC.I. The molecule has 0 unspecified atom stereocenters. The summed E-state index contributed by atoms with van der Waals surface area (Å²) in [5.41, 5.74) is 1.24. The standard InChI is InChI=1S/C18H27N3O3.HI/c1-3-19-17(20-4-2)21-12-18(7-9-22-10-8-18)14-5-6-15-16(11-14)24-13-23-15;/h5-6,11H,3-4,7-10,12-13H2,1-2H3,(H2,19,20,21);1H. The predicted octanol–water partition coefficient (Wildman–Crippen LogP) is 2.66. The van der Waals surface area contributed by atoms with Crippen molar-refractivity contribution in [1.82, 2.24) is 10.6 Å². The molecule has 140 valence electrons. The Morgan fingerprint density at radius 1 is 1.08 bits per heavy atom. The third-order valence-electron chi connectivity index (χ3n) is 4.66. The van der Waals surface area contributed by atoms with Crippen LogP contribution >= 0.6 is 24.0 Å². The Kier molecular flexibility index (Phi) is 7.61. The summed E-state index contributed by atoms with van der Waals surface area (Å²) in [6.45, 7) is 8.43. The number of guanidine groups is 1. The van der Waals surface area contributed by atoms with Gasteiger partial charge in [0.05, 0.1) is 6.54 Å². The molecule has 7 heteroatoms. The number of ether oxygens (including phenoxy) is 3. The van der Waals surface area contributed by atoms with Crippen molar-refractivity contribution < 1.29 is 14.2 Å². The molecule has 1 aromatic rings. The first kappa shape index (κ1) is 20.1. The number of nitrogens with one attached hydrogen (secondary N) is 2. The summed E-state index contributed by atoms with van der Waals surface area (Å²) < 4.78 is 16.6. The molecular weight excluding hydrogens is 433 g/mol. The Bertz CT molecular complexity index is 581. The molecule has 2 aliphatic heterocycles.